The fourth-order valence-electron chi connectivity index (χ4n) is 1.49. The Bertz CT molecular complexity index is 308. The number of nitrogens with zero attached hydrogens (tertiary/aromatic N) is 1. The Morgan fingerprint density at radius 2 is 1.73 bits per heavy atom. The van der Waals surface area contributed by atoms with E-state index in [-0.39, 0.29) is 6.42 Å². The lowest BCUT2D eigenvalue weighted by molar-refractivity contribution is 0.137. The third-order valence-corrected chi connectivity index (χ3v) is 1.97. The van der Waals surface area contributed by atoms with Crippen LogP contribution in [-0.4, -0.2) is 36.8 Å². The van der Waals surface area contributed by atoms with E-state index in [9.17, 15) is 13.9 Å². The normalized spacial score (nSPS) is 13.2. The van der Waals surface area contributed by atoms with Crippen molar-refractivity contribution in [2.24, 2.45) is 0 Å². The summed E-state index contributed by atoms with van der Waals surface area (Å²) >= 11 is 0. The van der Waals surface area contributed by atoms with Crippen molar-refractivity contribution in [3.05, 3.63) is 35.4 Å². The van der Waals surface area contributed by atoms with Crippen LogP contribution in [0.1, 0.15) is 5.56 Å². The molecule has 84 valence electrons. The molecule has 1 aromatic rings. The quantitative estimate of drug-likeness (QED) is 0.821. The maximum absolute atomic E-state index is 12.8. The smallest absolute Gasteiger partial charge is 0.126 e. The molecule has 0 amide bonds. The highest BCUT2D eigenvalue weighted by Crippen LogP contribution is 2.10. The minimum absolute atomic E-state index is 0.257. The van der Waals surface area contributed by atoms with Gasteiger partial charge in [0.1, 0.15) is 11.6 Å². The van der Waals surface area contributed by atoms with E-state index in [1.807, 2.05) is 19.0 Å². The van der Waals surface area contributed by atoms with Crippen molar-refractivity contribution in [2.45, 2.75) is 12.5 Å². The Hall–Kier alpha value is -1.00. The van der Waals surface area contributed by atoms with Crippen molar-refractivity contribution in [1.82, 2.24) is 4.90 Å². The highest BCUT2D eigenvalue weighted by atomic mass is 19.1. The van der Waals surface area contributed by atoms with Crippen LogP contribution in [0.3, 0.4) is 0 Å². The summed E-state index contributed by atoms with van der Waals surface area (Å²) in [6.07, 6.45) is -0.353. The summed E-state index contributed by atoms with van der Waals surface area (Å²) < 4.78 is 25.6. The van der Waals surface area contributed by atoms with Crippen molar-refractivity contribution < 1.29 is 13.9 Å². The lowest BCUT2D eigenvalue weighted by Crippen LogP contribution is -2.27. The molecule has 0 fully saturated rings. The van der Waals surface area contributed by atoms with Gasteiger partial charge in [0.15, 0.2) is 0 Å². The zero-order valence-corrected chi connectivity index (χ0v) is 8.87. The minimum Gasteiger partial charge on any atom is -0.391 e. The summed E-state index contributed by atoms with van der Waals surface area (Å²) in [6, 6.07) is 3.30. The van der Waals surface area contributed by atoms with E-state index in [0.29, 0.717) is 12.1 Å². The zero-order valence-electron chi connectivity index (χ0n) is 8.87. The summed E-state index contributed by atoms with van der Waals surface area (Å²) in [6.45, 7) is 0.470. The van der Waals surface area contributed by atoms with E-state index in [2.05, 4.69) is 0 Å². The standard InChI is InChI=1S/C11H15F2NO/c1-14(2)7-11(15)5-8-3-9(12)6-10(13)4-8/h3-4,6,11,15H,5,7H2,1-2H3. The Morgan fingerprint density at radius 3 is 2.20 bits per heavy atom. The number of hydrogen-bond acceptors (Lipinski definition) is 2. The fourth-order valence-corrected chi connectivity index (χ4v) is 1.49. The fraction of sp³-hybridized carbons (Fsp3) is 0.455. The molecule has 0 saturated carbocycles. The molecule has 15 heavy (non-hydrogen) atoms. The summed E-state index contributed by atoms with van der Waals surface area (Å²) in [5.74, 6) is -1.22. The molecule has 1 N–H and O–H groups in total. The molecule has 0 saturated heterocycles. The summed E-state index contributed by atoms with van der Waals surface area (Å²) in [5.41, 5.74) is 0.474. The van der Waals surface area contributed by atoms with Gasteiger partial charge in [0.05, 0.1) is 6.10 Å². The predicted molar refractivity (Wildman–Crippen MR) is 54.6 cm³/mol. The second kappa shape index (κ2) is 5.19. The topological polar surface area (TPSA) is 23.5 Å². The molecular formula is C11H15F2NO. The largest absolute Gasteiger partial charge is 0.391 e. The molecule has 4 heteroatoms. The van der Waals surface area contributed by atoms with E-state index in [1.165, 1.54) is 12.1 Å². The molecule has 0 bridgehead atoms. The first-order valence-corrected chi connectivity index (χ1v) is 4.75. The van der Waals surface area contributed by atoms with Gasteiger partial charge < -0.3 is 10.0 Å². The van der Waals surface area contributed by atoms with Gasteiger partial charge >= 0.3 is 0 Å². The molecule has 0 aromatic heterocycles. The van der Waals surface area contributed by atoms with Gasteiger partial charge in [0, 0.05) is 12.6 Å². The Balaban J connectivity index is 2.63. The van der Waals surface area contributed by atoms with Crippen LogP contribution in [0.4, 0.5) is 8.78 Å². The molecule has 0 heterocycles. The van der Waals surface area contributed by atoms with Crippen LogP contribution in [0.25, 0.3) is 0 Å². The predicted octanol–water partition coefficient (Wildman–Crippen LogP) is 1.43. The van der Waals surface area contributed by atoms with Crippen LogP contribution in [0.15, 0.2) is 18.2 Å². The van der Waals surface area contributed by atoms with E-state index >= 15 is 0 Å². The molecule has 0 aliphatic rings. The maximum atomic E-state index is 12.8. The average molecular weight is 215 g/mol. The monoisotopic (exact) mass is 215 g/mol. The molecule has 1 unspecified atom stereocenters. The first-order valence-electron chi connectivity index (χ1n) is 4.75. The van der Waals surface area contributed by atoms with Gasteiger partial charge in [-0.05, 0) is 38.2 Å². The third kappa shape index (κ3) is 4.36. The van der Waals surface area contributed by atoms with Gasteiger partial charge in [-0.1, -0.05) is 0 Å². The Kier molecular flexibility index (Phi) is 4.17. The van der Waals surface area contributed by atoms with E-state index in [1.54, 1.807) is 0 Å². The maximum Gasteiger partial charge on any atom is 0.126 e. The van der Waals surface area contributed by atoms with Crippen molar-refractivity contribution in [2.75, 3.05) is 20.6 Å². The zero-order chi connectivity index (χ0) is 11.4. The van der Waals surface area contributed by atoms with Gasteiger partial charge in [-0.3, -0.25) is 0 Å². The van der Waals surface area contributed by atoms with Gasteiger partial charge in [-0.15, -0.1) is 0 Å². The van der Waals surface area contributed by atoms with Gasteiger partial charge in [0.2, 0.25) is 0 Å². The van der Waals surface area contributed by atoms with Crippen LogP contribution >= 0.6 is 0 Å². The third-order valence-electron chi connectivity index (χ3n) is 1.97. The molecule has 0 radical (unpaired) electrons. The second-order valence-electron chi connectivity index (χ2n) is 3.90. The lowest BCUT2D eigenvalue weighted by atomic mass is 10.1. The molecule has 1 aromatic carbocycles. The van der Waals surface area contributed by atoms with Crippen LogP contribution in [0, 0.1) is 11.6 Å². The van der Waals surface area contributed by atoms with E-state index in [4.69, 9.17) is 0 Å². The molecule has 1 rings (SSSR count). The van der Waals surface area contributed by atoms with Crippen LogP contribution < -0.4 is 0 Å². The number of aliphatic hydroxyl groups excluding tert-OH is 1. The molecule has 0 spiro atoms. The SMILES string of the molecule is CN(C)CC(O)Cc1cc(F)cc(F)c1. The minimum atomic E-state index is -0.610. The van der Waals surface area contributed by atoms with Crippen LogP contribution in [-0.2, 0) is 6.42 Å². The van der Waals surface area contributed by atoms with Gasteiger partial charge in [-0.25, -0.2) is 8.78 Å². The number of halogens is 2. The molecule has 0 aliphatic carbocycles. The van der Waals surface area contributed by atoms with Crippen molar-refractivity contribution in [1.29, 1.82) is 0 Å². The van der Waals surface area contributed by atoms with Crippen molar-refractivity contribution >= 4 is 0 Å². The number of rotatable bonds is 4. The Morgan fingerprint density at radius 1 is 1.20 bits per heavy atom. The molecule has 1 atom stereocenters. The van der Waals surface area contributed by atoms with Crippen molar-refractivity contribution in [3.63, 3.8) is 0 Å². The highest BCUT2D eigenvalue weighted by molar-refractivity contribution is 5.18. The van der Waals surface area contributed by atoms with Gasteiger partial charge in [0.25, 0.3) is 0 Å². The second-order valence-corrected chi connectivity index (χ2v) is 3.90. The van der Waals surface area contributed by atoms with Gasteiger partial charge in [-0.2, -0.15) is 0 Å². The highest BCUT2D eigenvalue weighted by Gasteiger charge is 2.08. The number of benzene rings is 1. The number of aliphatic hydroxyl groups is 1. The molecular weight excluding hydrogens is 200 g/mol. The van der Waals surface area contributed by atoms with Crippen LogP contribution in [0.5, 0.6) is 0 Å². The summed E-state index contributed by atoms with van der Waals surface area (Å²) in [7, 11) is 3.66. The lowest BCUT2D eigenvalue weighted by Gasteiger charge is -2.15. The van der Waals surface area contributed by atoms with E-state index in [0.717, 1.165) is 6.07 Å². The average Bonchev–Trinajstić information content (AvgIpc) is 1.98. The summed E-state index contributed by atoms with van der Waals surface area (Å²) in [5, 5.41) is 9.57. The number of hydrogen-bond donors (Lipinski definition) is 1. The van der Waals surface area contributed by atoms with E-state index < -0.39 is 17.7 Å². The molecule has 0 aliphatic heterocycles. The molecule has 2 nitrogen and oxygen atoms in total. The summed E-state index contributed by atoms with van der Waals surface area (Å²) in [4.78, 5) is 1.82. The van der Waals surface area contributed by atoms with Crippen molar-refractivity contribution in [3.8, 4) is 0 Å². The van der Waals surface area contributed by atoms with Crippen LogP contribution in [0.2, 0.25) is 0 Å². The Labute approximate surface area is 88.1 Å². The first-order chi connectivity index (χ1) is 6.97. The first kappa shape index (κ1) is 12.1. The number of likely N-dealkylation sites (N-methyl/N-ethyl adjacent to an activating group) is 1.